The standard InChI is InChI=1S/C14H14N2O2.C2H6/c1-10-3-5-11(6-4-10)16-8-7-13(18-2)12(9-15)14(16)17;1-2/h3-6H,7-8H2,1-2H3;1-2H3. The first kappa shape index (κ1) is 15.8. The molecule has 0 aromatic heterocycles. The number of hydrogen-bond donors (Lipinski definition) is 0. The average molecular weight is 272 g/mol. The predicted octanol–water partition coefficient (Wildman–Crippen LogP) is 3.18. The van der Waals surface area contributed by atoms with Gasteiger partial charge in [0.1, 0.15) is 11.8 Å². The fourth-order valence-corrected chi connectivity index (χ4v) is 1.98. The number of rotatable bonds is 2. The monoisotopic (exact) mass is 272 g/mol. The van der Waals surface area contributed by atoms with Crippen molar-refractivity contribution in [2.75, 3.05) is 18.6 Å². The van der Waals surface area contributed by atoms with Crippen molar-refractivity contribution >= 4 is 11.6 Å². The summed E-state index contributed by atoms with van der Waals surface area (Å²) in [5.74, 6) is 0.190. The summed E-state index contributed by atoms with van der Waals surface area (Å²) in [5.41, 5.74) is 2.05. The molecule has 0 fully saturated rings. The molecule has 1 amide bonds. The van der Waals surface area contributed by atoms with Crippen LogP contribution in [-0.4, -0.2) is 19.6 Å². The number of anilines is 1. The molecule has 0 aliphatic carbocycles. The molecule has 0 bridgehead atoms. The molecule has 2 rings (SSSR count). The van der Waals surface area contributed by atoms with Crippen LogP contribution in [0.4, 0.5) is 5.69 Å². The van der Waals surface area contributed by atoms with Gasteiger partial charge >= 0.3 is 0 Å². The lowest BCUT2D eigenvalue weighted by molar-refractivity contribution is -0.115. The second-order valence-electron chi connectivity index (χ2n) is 4.16. The highest BCUT2D eigenvalue weighted by atomic mass is 16.5. The maximum atomic E-state index is 12.2. The van der Waals surface area contributed by atoms with Crippen molar-refractivity contribution in [2.45, 2.75) is 27.2 Å². The molecule has 106 valence electrons. The summed E-state index contributed by atoms with van der Waals surface area (Å²) in [7, 11) is 1.49. The molecular formula is C16H20N2O2. The maximum absolute atomic E-state index is 12.2. The van der Waals surface area contributed by atoms with Crippen LogP contribution >= 0.6 is 0 Å². The fourth-order valence-electron chi connectivity index (χ4n) is 1.98. The summed E-state index contributed by atoms with van der Waals surface area (Å²) in [5, 5.41) is 9.04. The van der Waals surface area contributed by atoms with Gasteiger partial charge in [-0.3, -0.25) is 4.79 Å². The molecule has 20 heavy (non-hydrogen) atoms. The van der Waals surface area contributed by atoms with Crippen molar-refractivity contribution < 1.29 is 9.53 Å². The molecule has 1 aromatic rings. The predicted molar refractivity (Wildman–Crippen MR) is 79.1 cm³/mol. The molecule has 1 heterocycles. The Labute approximate surface area is 120 Å². The first-order valence-electron chi connectivity index (χ1n) is 6.73. The van der Waals surface area contributed by atoms with Crippen molar-refractivity contribution in [3.8, 4) is 6.07 Å². The van der Waals surface area contributed by atoms with E-state index >= 15 is 0 Å². The number of methoxy groups -OCH3 is 1. The summed E-state index contributed by atoms with van der Waals surface area (Å²) in [6.45, 7) is 6.53. The first-order valence-corrected chi connectivity index (χ1v) is 6.73. The van der Waals surface area contributed by atoms with Crippen LogP contribution in [0.1, 0.15) is 25.8 Å². The summed E-state index contributed by atoms with van der Waals surface area (Å²) < 4.78 is 5.08. The highest BCUT2D eigenvalue weighted by Gasteiger charge is 2.28. The molecule has 0 unspecified atom stereocenters. The van der Waals surface area contributed by atoms with Crippen molar-refractivity contribution in [1.82, 2.24) is 0 Å². The number of carbonyl (C=O) groups excluding carboxylic acids is 1. The summed E-state index contributed by atoms with van der Waals surface area (Å²) in [6.07, 6.45) is 0.568. The summed E-state index contributed by atoms with van der Waals surface area (Å²) in [6, 6.07) is 9.60. The normalized spacial score (nSPS) is 14.3. The zero-order valence-electron chi connectivity index (χ0n) is 12.4. The van der Waals surface area contributed by atoms with Gasteiger partial charge in [-0.05, 0) is 19.1 Å². The zero-order chi connectivity index (χ0) is 15.1. The molecule has 0 atom stereocenters. The Kier molecular flexibility index (Phi) is 5.79. The largest absolute Gasteiger partial charge is 0.499 e. The highest BCUT2D eigenvalue weighted by Crippen LogP contribution is 2.25. The molecular weight excluding hydrogens is 252 g/mol. The van der Waals surface area contributed by atoms with Gasteiger partial charge in [-0.25, -0.2) is 0 Å². The van der Waals surface area contributed by atoms with Crippen molar-refractivity contribution in [1.29, 1.82) is 5.26 Å². The quantitative estimate of drug-likeness (QED) is 0.830. The van der Waals surface area contributed by atoms with Crippen LogP contribution in [0.25, 0.3) is 0 Å². The van der Waals surface area contributed by atoms with Crippen LogP contribution in [0, 0.1) is 18.3 Å². The molecule has 0 N–H and O–H groups in total. The van der Waals surface area contributed by atoms with Gasteiger partial charge in [0.2, 0.25) is 0 Å². The van der Waals surface area contributed by atoms with E-state index in [4.69, 9.17) is 10.00 Å². The maximum Gasteiger partial charge on any atom is 0.272 e. The van der Waals surface area contributed by atoms with Gasteiger partial charge in [-0.15, -0.1) is 0 Å². The smallest absolute Gasteiger partial charge is 0.272 e. The number of aryl methyl sites for hydroxylation is 1. The van der Waals surface area contributed by atoms with E-state index in [0.717, 1.165) is 11.3 Å². The lowest BCUT2D eigenvalue weighted by atomic mass is 10.1. The topological polar surface area (TPSA) is 53.3 Å². The van der Waals surface area contributed by atoms with E-state index in [1.807, 2.05) is 51.1 Å². The minimum Gasteiger partial charge on any atom is -0.499 e. The molecule has 1 aliphatic rings. The molecule has 1 aliphatic heterocycles. The SMILES string of the molecule is CC.COC1=C(C#N)C(=O)N(c2ccc(C)cc2)CC1. The number of benzene rings is 1. The number of hydrogen-bond acceptors (Lipinski definition) is 3. The molecule has 0 spiro atoms. The minimum absolute atomic E-state index is 0.101. The number of amides is 1. The van der Waals surface area contributed by atoms with E-state index in [1.165, 1.54) is 7.11 Å². The van der Waals surface area contributed by atoms with Gasteiger partial charge in [-0.2, -0.15) is 5.26 Å². The van der Waals surface area contributed by atoms with Crippen molar-refractivity contribution in [2.24, 2.45) is 0 Å². The minimum atomic E-state index is -0.288. The molecule has 0 saturated heterocycles. The Balaban J connectivity index is 0.000000956. The van der Waals surface area contributed by atoms with Gasteiger partial charge in [0.25, 0.3) is 5.91 Å². The van der Waals surface area contributed by atoms with Crippen LogP contribution in [-0.2, 0) is 9.53 Å². The van der Waals surface area contributed by atoms with E-state index in [1.54, 1.807) is 4.90 Å². The van der Waals surface area contributed by atoms with Crippen LogP contribution < -0.4 is 4.90 Å². The lowest BCUT2D eigenvalue weighted by Crippen LogP contribution is -2.37. The van der Waals surface area contributed by atoms with Crippen LogP contribution in [0.2, 0.25) is 0 Å². The van der Waals surface area contributed by atoms with E-state index in [0.29, 0.717) is 18.7 Å². The number of nitriles is 1. The van der Waals surface area contributed by atoms with Gasteiger partial charge in [0.05, 0.1) is 7.11 Å². The highest BCUT2D eigenvalue weighted by molar-refractivity contribution is 6.09. The number of ether oxygens (including phenoxy) is 1. The Bertz CT molecular complexity index is 539. The number of carbonyl (C=O) groups is 1. The van der Waals surface area contributed by atoms with Gasteiger partial charge in [0, 0.05) is 18.7 Å². The molecule has 4 heteroatoms. The molecule has 0 saturated carbocycles. The van der Waals surface area contributed by atoms with Crippen LogP contribution in [0.15, 0.2) is 35.6 Å². The second kappa shape index (κ2) is 7.34. The third-order valence-electron chi connectivity index (χ3n) is 3.00. The Hall–Kier alpha value is -2.28. The van der Waals surface area contributed by atoms with Crippen molar-refractivity contribution in [3.05, 3.63) is 41.2 Å². The Morgan fingerprint density at radius 3 is 2.35 bits per heavy atom. The number of nitrogens with zero attached hydrogens (tertiary/aromatic N) is 2. The first-order chi connectivity index (χ1) is 9.67. The van der Waals surface area contributed by atoms with Crippen LogP contribution in [0.3, 0.4) is 0 Å². The van der Waals surface area contributed by atoms with Crippen LogP contribution in [0.5, 0.6) is 0 Å². The third kappa shape index (κ3) is 3.18. The zero-order valence-corrected chi connectivity index (χ0v) is 12.4. The van der Waals surface area contributed by atoms with E-state index in [2.05, 4.69) is 0 Å². The van der Waals surface area contributed by atoms with E-state index in [-0.39, 0.29) is 11.5 Å². The summed E-state index contributed by atoms with van der Waals surface area (Å²) >= 11 is 0. The Morgan fingerprint density at radius 2 is 1.85 bits per heavy atom. The third-order valence-corrected chi connectivity index (χ3v) is 3.00. The Morgan fingerprint density at radius 1 is 1.25 bits per heavy atom. The summed E-state index contributed by atoms with van der Waals surface area (Å²) in [4.78, 5) is 13.8. The van der Waals surface area contributed by atoms with Gasteiger partial charge in [0.15, 0.2) is 5.57 Å². The average Bonchev–Trinajstić information content (AvgIpc) is 2.50. The van der Waals surface area contributed by atoms with Crippen molar-refractivity contribution in [3.63, 3.8) is 0 Å². The van der Waals surface area contributed by atoms with Gasteiger partial charge in [-0.1, -0.05) is 31.5 Å². The molecule has 4 nitrogen and oxygen atoms in total. The van der Waals surface area contributed by atoms with Gasteiger partial charge < -0.3 is 9.64 Å². The van der Waals surface area contributed by atoms with E-state index in [9.17, 15) is 4.79 Å². The van der Waals surface area contributed by atoms with E-state index < -0.39 is 0 Å². The second-order valence-corrected chi connectivity index (χ2v) is 4.16. The fraction of sp³-hybridized carbons (Fsp3) is 0.375. The molecule has 0 radical (unpaired) electrons. The molecule has 1 aromatic carbocycles. The lowest BCUT2D eigenvalue weighted by Gasteiger charge is -2.27.